The molecule has 2 heterocycles. The van der Waals surface area contributed by atoms with Gasteiger partial charge in [0.25, 0.3) is 0 Å². The first-order chi connectivity index (χ1) is 11.6. The fourth-order valence-electron chi connectivity index (χ4n) is 2.81. The standard InChI is InChI=1S/C18H20FN3O2/c1-13-20-9-6-17(21-13)24-15-7-10-22(11-8-15)18(23)12-14-4-2-3-5-16(14)19/h2-6,9,15H,7-8,10-12H2,1H3. The van der Waals surface area contributed by atoms with E-state index in [0.29, 0.717) is 30.4 Å². The molecule has 1 fully saturated rings. The summed E-state index contributed by atoms with van der Waals surface area (Å²) < 4.78 is 19.5. The number of halogens is 1. The zero-order valence-corrected chi connectivity index (χ0v) is 13.6. The molecule has 2 aromatic rings. The van der Waals surface area contributed by atoms with Gasteiger partial charge < -0.3 is 9.64 Å². The van der Waals surface area contributed by atoms with E-state index in [4.69, 9.17) is 4.74 Å². The van der Waals surface area contributed by atoms with E-state index >= 15 is 0 Å². The number of rotatable bonds is 4. The minimum atomic E-state index is -0.330. The van der Waals surface area contributed by atoms with Crippen LogP contribution >= 0.6 is 0 Å². The van der Waals surface area contributed by atoms with Gasteiger partial charge in [-0.05, 0) is 18.6 Å². The van der Waals surface area contributed by atoms with Crippen molar-refractivity contribution in [1.29, 1.82) is 0 Å². The van der Waals surface area contributed by atoms with E-state index in [2.05, 4.69) is 9.97 Å². The molecule has 0 unspecified atom stereocenters. The molecule has 126 valence electrons. The largest absolute Gasteiger partial charge is 0.474 e. The second-order valence-corrected chi connectivity index (χ2v) is 5.91. The van der Waals surface area contributed by atoms with Crippen LogP contribution in [0.3, 0.4) is 0 Å². The number of amides is 1. The summed E-state index contributed by atoms with van der Waals surface area (Å²) in [5.74, 6) is 0.864. The van der Waals surface area contributed by atoms with Crippen molar-refractivity contribution in [2.45, 2.75) is 32.3 Å². The van der Waals surface area contributed by atoms with Crippen LogP contribution in [-0.4, -0.2) is 40.0 Å². The highest BCUT2D eigenvalue weighted by atomic mass is 19.1. The lowest BCUT2D eigenvalue weighted by Gasteiger charge is -2.32. The molecule has 3 rings (SSSR count). The second-order valence-electron chi connectivity index (χ2n) is 5.91. The first-order valence-electron chi connectivity index (χ1n) is 8.09. The highest BCUT2D eigenvalue weighted by Gasteiger charge is 2.24. The average molecular weight is 329 g/mol. The van der Waals surface area contributed by atoms with Crippen molar-refractivity contribution in [1.82, 2.24) is 14.9 Å². The maximum absolute atomic E-state index is 13.7. The summed E-state index contributed by atoms with van der Waals surface area (Å²) in [7, 11) is 0. The van der Waals surface area contributed by atoms with Crippen LogP contribution in [0.5, 0.6) is 5.88 Å². The molecule has 0 radical (unpaired) electrons. The third-order valence-corrected chi connectivity index (χ3v) is 4.13. The van der Waals surface area contributed by atoms with Gasteiger partial charge in [-0.2, -0.15) is 4.98 Å². The van der Waals surface area contributed by atoms with Crippen molar-refractivity contribution in [3.8, 4) is 5.88 Å². The van der Waals surface area contributed by atoms with Gasteiger partial charge in [0.1, 0.15) is 17.7 Å². The molecule has 1 aliphatic heterocycles. The van der Waals surface area contributed by atoms with Gasteiger partial charge in [-0.1, -0.05) is 18.2 Å². The zero-order chi connectivity index (χ0) is 16.9. The topological polar surface area (TPSA) is 55.3 Å². The third-order valence-electron chi connectivity index (χ3n) is 4.13. The van der Waals surface area contributed by atoms with Gasteiger partial charge in [-0.15, -0.1) is 0 Å². The summed E-state index contributed by atoms with van der Waals surface area (Å²) in [6, 6.07) is 8.14. The molecule has 1 saturated heterocycles. The number of hydrogen-bond acceptors (Lipinski definition) is 4. The van der Waals surface area contributed by atoms with Crippen molar-refractivity contribution >= 4 is 5.91 Å². The average Bonchev–Trinajstić information content (AvgIpc) is 2.57. The van der Waals surface area contributed by atoms with Crippen LogP contribution in [0.25, 0.3) is 0 Å². The van der Waals surface area contributed by atoms with Crippen molar-refractivity contribution < 1.29 is 13.9 Å². The summed E-state index contributed by atoms with van der Waals surface area (Å²) >= 11 is 0. The molecule has 0 bridgehead atoms. The van der Waals surface area contributed by atoms with E-state index in [-0.39, 0.29) is 24.2 Å². The molecule has 5 nitrogen and oxygen atoms in total. The number of carbonyl (C=O) groups excluding carboxylic acids is 1. The van der Waals surface area contributed by atoms with Gasteiger partial charge in [-0.3, -0.25) is 4.79 Å². The maximum Gasteiger partial charge on any atom is 0.227 e. The van der Waals surface area contributed by atoms with E-state index in [1.54, 1.807) is 35.4 Å². The van der Waals surface area contributed by atoms with E-state index in [9.17, 15) is 9.18 Å². The van der Waals surface area contributed by atoms with E-state index in [1.165, 1.54) is 6.07 Å². The van der Waals surface area contributed by atoms with Crippen LogP contribution in [0.15, 0.2) is 36.5 Å². The quantitative estimate of drug-likeness (QED) is 0.865. The number of ether oxygens (including phenoxy) is 1. The molecular formula is C18H20FN3O2. The Morgan fingerprint density at radius 3 is 2.75 bits per heavy atom. The highest BCUT2D eigenvalue weighted by Crippen LogP contribution is 2.18. The molecule has 0 saturated carbocycles. The van der Waals surface area contributed by atoms with Gasteiger partial charge >= 0.3 is 0 Å². The molecule has 1 amide bonds. The van der Waals surface area contributed by atoms with Gasteiger partial charge in [0, 0.05) is 38.2 Å². The summed E-state index contributed by atoms with van der Waals surface area (Å²) in [5, 5.41) is 0. The number of piperidine rings is 1. The van der Waals surface area contributed by atoms with Crippen molar-refractivity contribution in [2.75, 3.05) is 13.1 Å². The van der Waals surface area contributed by atoms with Crippen LogP contribution < -0.4 is 4.74 Å². The van der Waals surface area contributed by atoms with Crippen molar-refractivity contribution in [3.05, 3.63) is 53.7 Å². The van der Waals surface area contributed by atoms with E-state index in [1.807, 2.05) is 6.92 Å². The predicted octanol–water partition coefficient (Wildman–Crippen LogP) is 2.54. The second kappa shape index (κ2) is 7.38. The van der Waals surface area contributed by atoms with Crippen LogP contribution in [0, 0.1) is 12.7 Å². The minimum absolute atomic E-state index is 0.0387. The number of hydrogen-bond donors (Lipinski definition) is 0. The Bertz CT molecular complexity index is 715. The number of carbonyl (C=O) groups is 1. The van der Waals surface area contributed by atoms with Gasteiger partial charge in [0.2, 0.25) is 11.8 Å². The Morgan fingerprint density at radius 1 is 1.29 bits per heavy atom. The lowest BCUT2D eigenvalue weighted by Crippen LogP contribution is -2.42. The third kappa shape index (κ3) is 4.07. The molecular weight excluding hydrogens is 309 g/mol. The maximum atomic E-state index is 13.7. The molecule has 1 aliphatic rings. The number of likely N-dealkylation sites (tertiary alicyclic amines) is 1. The summed E-state index contributed by atoms with van der Waals surface area (Å²) in [4.78, 5) is 22.4. The van der Waals surface area contributed by atoms with Crippen molar-refractivity contribution in [2.24, 2.45) is 0 Å². The summed E-state index contributed by atoms with van der Waals surface area (Å²) in [5.41, 5.74) is 0.442. The summed E-state index contributed by atoms with van der Waals surface area (Å²) in [6.45, 7) is 3.04. The Balaban J connectivity index is 1.51. The Kier molecular flexibility index (Phi) is 5.03. The van der Waals surface area contributed by atoms with Crippen LogP contribution in [0.4, 0.5) is 4.39 Å². The number of benzene rings is 1. The molecule has 0 atom stereocenters. The molecule has 0 N–H and O–H groups in total. The van der Waals surface area contributed by atoms with Crippen molar-refractivity contribution in [3.63, 3.8) is 0 Å². The Labute approximate surface area is 140 Å². The molecule has 1 aromatic heterocycles. The Morgan fingerprint density at radius 2 is 2.04 bits per heavy atom. The number of nitrogens with zero attached hydrogens (tertiary/aromatic N) is 3. The summed E-state index contributed by atoms with van der Waals surface area (Å²) in [6.07, 6.45) is 3.29. The monoisotopic (exact) mass is 329 g/mol. The Hall–Kier alpha value is -2.50. The van der Waals surface area contributed by atoms with Gasteiger partial charge in [0.15, 0.2) is 0 Å². The lowest BCUT2D eigenvalue weighted by atomic mass is 10.1. The van der Waals surface area contributed by atoms with Gasteiger partial charge in [-0.25, -0.2) is 9.37 Å². The number of aryl methyl sites for hydroxylation is 1. The van der Waals surface area contributed by atoms with Crippen LogP contribution in [-0.2, 0) is 11.2 Å². The molecule has 0 spiro atoms. The SMILES string of the molecule is Cc1nccc(OC2CCN(C(=O)Cc3ccccc3F)CC2)n1. The fraction of sp³-hybridized carbons (Fsp3) is 0.389. The molecule has 0 aliphatic carbocycles. The van der Waals surface area contributed by atoms with E-state index in [0.717, 1.165) is 12.8 Å². The first kappa shape index (κ1) is 16.4. The predicted molar refractivity (Wildman–Crippen MR) is 87.1 cm³/mol. The zero-order valence-electron chi connectivity index (χ0n) is 13.6. The minimum Gasteiger partial charge on any atom is -0.474 e. The number of aromatic nitrogens is 2. The fourth-order valence-corrected chi connectivity index (χ4v) is 2.81. The highest BCUT2D eigenvalue weighted by molar-refractivity contribution is 5.78. The molecule has 24 heavy (non-hydrogen) atoms. The molecule has 6 heteroatoms. The first-order valence-corrected chi connectivity index (χ1v) is 8.09. The van der Waals surface area contributed by atoms with Gasteiger partial charge in [0.05, 0.1) is 6.42 Å². The van der Waals surface area contributed by atoms with Crippen LogP contribution in [0.2, 0.25) is 0 Å². The van der Waals surface area contributed by atoms with Crippen LogP contribution in [0.1, 0.15) is 24.2 Å². The molecule has 1 aromatic carbocycles. The normalized spacial score (nSPS) is 15.3. The van der Waals surface area contributed by atoms with E-state index < -0.39 is 0 Å². The smallest absolute Gasteiger partial charge is 0.227 e. The lowest BCUT2D eigenvalue weighted by molar-refractivity contribution is -0.132.